The lowest BCUT2D eigenvalue weighted by molar-refractivity contribution is 0.0123. The van der Waals surface area contributed by atoms with E-state index in [1.165, 1.54) is 12.3 Å². The first-order chi connectivity index (χ1) is 10.1. The fourth-order valence-corrected chi connectivity index (χ4v) is 1.72. The summed E-state index contributed by atoms with van der Waals surface area (Å²) in [6.07, 6.45) is -1.59. The lowest BCUT2D eigenvalue weighted by Crippen LogP contribution is -2.34. The quantitative estimate of drug-likeness (QED) is 0.532. The Bertz CT molecular complexity index is 520. The number of hydrogen-bond donors (Lipinski definition) is 5. The van der Waals surface area contributed by atoms with Crippen molar-refractivity contribution in [2.45, 2.75) is 45.0 Å². The average molecular weight is 314 g/mol. The number of H-pyrrole nitrogens is 1. The molecule has 2 unspecified atom stereocenters. The van der Waals surface area contributed by atoms with Gasteiger partial charge in [-0.05, 0) is 33.3 Å². The van der Waals surface area contributed by atoms with Crippen LogP contribution in [0.1, 0.15) is 49.3 Å². The molecular formula is C14H22N2O6. The highest BCUT2D eigenvalue weighted by atomic mass is 16.6. The van der Waals surface area contributed by atoms with Crippen LogP contribution >= 0.6 is 0 Å². The minimum atomic E-state index is -1.25. The number of ether oxygens (including phenoxy) is 1. The van der Waals surface area contributed by atoms with E-state index in [0.717, 1.165) is 0 Å². The van der Waals surface area contributed by atoms with E-state index in [1.54, 1.807) is 20.8 Å². The maximum absolute atomic E-state index is 11.4. The molecule has 8 heteroatoms. The average Bonchev–Trinajstić information content (AvgIpc) is 2.85. The number of carboxylic acid groups (broad SMARTS) is 1. The molecule has 0 saturated heterocycles. The second kappa shape index (κ2) is 7.28. The third-order valence-electron chi connectivity index (χ3n) is 2.75. The Hall–Kier alpha value is -2.06. The Morgan fingerprint density at radius 3 is 2.50 bits per heavy atom. The van der Waals surface area contributed by atoms with Crippen molar-refractivity contribution in [2.24, 2.45) is 0 Å². The number of aliphatic hydroxyl groups is 2. The number of rotatable bonds is 6. The zero-order valence-electron chi connectivity index (χ0n) is 12.8. The van der Waals surface area contributed by atoms with E-state index in [2.05, 4.69) is 10.3 Å². The van der Waals surface area contributed by atoms with Gasteiger partial charge in [-0.1, -0.05) is 0 Å². The molecule has 0 aliphatic rings. The molecule has 8 nitrogen and oxygen atoms in total. The highest BCUT2D eigenvalue weighted by Crippen LogP contribution is 2.19. The number of amides is 1. The van der Waals surface area contributed by atoms with Gasteiger partial charge in [0.1, 0.15) is 17.4 Å². The number of carbonyl (C=O) groups is 2. The topological polar surface area (TPSA) is 132 Å². The summed E-state index contributed by atoms with van der Waals surface area (Å²) in [5.41, 5.74) is -0.420. The van der Waals surface area contributed by atoms with Crippen LogP contribution in [0.4, 0.5) is 4.79 Å². The van der Waals surface area contributed by atoms with Gasteiger partial charge in [-0.25, -0.2) is 9.59 Å². The van der Waals surface area contributed by atoms with E-state index in [4.69, 9.17) is 9.84 Å². The highest BCUT2D eigenvalue weighted by molar-refractivity contribution is 5.85. The molecule has 1 rings (SSSR count). The van der Waals surface area contributed by atoms with E-state index < -0.39 is 29.9 Å². The lowest BCUT2D eigenvalue weighted by Gasteiger charge is -2.21. The Morgan fingerprint density at radius 1 is 1.36 bits per heavy atom. The van der Waals surface area contributed by atoms with Gasteiger partial charge in [0.25, 0.3) is 0 Å². The molecule has 0 fully saturated rings. The van der Waals surface area contributed by atoms with Crippen LogP contribution in [0.15, 0.2) is 12.3 Å². The van der Waals surface area contributed by atoms with Crippen molar-refractivity contribution in [1.82, 2.24) is 10.3 Å². The monoisotopic (exact) mass is 314 g/mol. The number of aromatic nitrogens is 1. The largest absolute Gasteiger partial charge is 0.477 e. The summed E-state index contributed by atoms with van der Waals surface area (Å²) in [6.45, 7) is 5.31. The van der Waals surface area contributed by atoms with Crippen molar-refractivity contribution in [3.63, 3.8) is 0 Å². The van der Waals surface area contributed by atoms with Crippen LogP contribution in [0.2, 0.25) is 0 Å². The van der Waals surface area contributed by atoms with Gasteiger partial charge in [-0.15, -0.1) is 0 Å². The number of aromatic amines is 1. The number of carboxylic acids is 1. The summed E-state index contributed by atoms with van der Waals surface area (Å²) < 4.78 is 5.03. The molecule has 0 spiro atoms. The van der Waals surface area contributed by atoms with Gasteiger partial charge in [0.15, 0.2) is 0 Å². The summed E-state index contributed by atoms with van der Waals surface area (Å²) in [5, 5.41) is 31.0. The normalized spacial score (nSPS) is 14.2. The number of aliphatic hydroxyl groups excluding tert-OH is 2. The van der Waals surface area contributed by atoms with Crippen LogP contribution in [0.25, 0.3) is 0 Å². The zero-order chi connectivity index (χ0) is 16.9. The second-order valence-electron chi connectivity index (χ2n) is 5.88. The van der Waals surface area contributed by atoms with Gasteiger partial charge in [-0.3, -0.25) is 0 Å². The maximum atomic E-state index is 11.4. The summed E-state index contributed by atoms with van der Waals surface area (Å²) in [6, 6.07) is 1.25. The minimum Gasteiger partial charge on any atom is -0.477 e. The molecule has 1 amide bonds. The SMILES string of the molecule is CC(C)(C)OC(=O)NCCC(O)C(O)c1c[nH]c(C(=O)O)c1. The Balaban J connectivity index is 2.42. The standard InChI is InChI=1S/C14H22N2O6/c1-14(2,3)22-13(21)15-5-4-10(17)11(18)8-6-9(12(19)20)16-7-8/h6-7,10-11,16-18H,4-5H2,1-3H3,(H,15,21)(H,19,20). The molecule has 1 heterocycles. The van der Waals surface area contributed by atoms with Crippen molar-refractivity contribution < 1.29 is 29.6 Å². The number of nitrogens with one attached hydrogen (secondary N) is 2. The summed E-state index contributed by atoms with van der Waals surface area (Å²) >= 11 is 0. The number of aromatic carboxylic acids is 1. The Kier molecular flexibility index (Phi) is 5.95. The van der Waals surface area contributed by atoms with Crippen molar-refractivity contribution in [3.05, 3.63) is 23.5 Å². The van der Waals surface area contributed by atoms with Crippen LogP contribution in [0.3, 0.4) is 0 Å². The molecule has 2 atom stereocenters. The van der Waals surface area contributed by atoms with Crippen LogP contribution in [0.5, 0.6) is 0 Å². The number of carbonyl (C=O) groups excluding carboxylic acids is 1. The molecule has 0 aliphatic carbocycles. The van der Waals surface area contributed by atoms with Crippen LogP contribution in [-0.4, -0.2) is 50.6 Å². The van der Waals surface area contributed by atoms with Gasteiger partial charge in [-0.2, -0.15) is 0 Å². The van der Waals surface area contributed by atoms with Gasteiger partial charge in [0, 0.05) is 18.3 Å². The van der Waals surface area contributed by atoms with Crippen LogP contribution in [0, 0.1) is 0 Å². The van der Waals surface area contributed by atoms with E-state index >= 15 is 0 Å². The Morgan fingerprint density at radius 2 is 2.00 bits per heavy atom. The first-order valence-electron chi connectivity index (χ1n) is 6.85. The van der Waals surface area contributed by atoms with Gasteiger partial charge >= 0.3 is 12.1 Å². The Labute approximate surface area is 128 Å². The zero-order valence-corrected chi connectivity index (χ0v) is 12.8. The van der Waals surface area contributed by atoms with E-state index in [9.17, 15) is 19.8 Å². The first-order valence-corrected chi connectivity index (χ1v) is 6.85. The van der Waals surface area contributed by atoms with Crippen molar-refractivity contribution in [2.75, 3.05) is 6.54 Å². The minimum absolute atomic E-state index is 0.0758. The van der Waals surface area contributed by atoms with Crippen molar-refractivity contribution >= 4 is 12.1 Å². The highest BCUT2D eigenvalue weighted by Gasteiger charge is 2.21. The van der Waals surface area contributed by atoms with Gasteiger partial charge in [0.2, 0.25) is 0 Å². The van der Waals surface area contributed by atoms with E-state index in [0.29, 0.717) is 0 Å². The molecule has 0 saturated carbocycles. The molecule has 0 radical (unpaired) electrons. The molecule has 124 valence electrons. The van der Waals surface area contributed by atoms with Crippen molar-refractivity contribution in [3.8, 4) is 0 Å². The molecule has 1 aromatic rings. The molecule has 5 N–H and O–H groups in total. The molecule has 0 aliphatic heterocycles. The predicted molar refractivity (Wildman–Crippen MR) is 77.6 cm³/mol. The van der Waals surface area contributed by atoms with Gasteiger partial charge < -0.3 is 30.4 Å². The third-order valence-corrected chi connectivity index (χ3v) is 2.75. The molecule has 0 aromatic carbocycles. The molecule has 1 aromatic heterocycles. The fourth-order valence-electron chi connectivity index (χ4n) is 1.72. The smallest absolute Gasteiger partial charge is 0.407 e. The second-order valence-corrected chi connectivity index (χ2v) is 5.88. The van der Waals surface area contributed by atoms with E-state index in [-0.39, 0.29) is 24.2 Å². The molecular weight excluding hydrogens is 292 g/mol. The van der Waals surface area contributed by atoms with Gasteiger partial charge in [0.05, 0.1) is 6.10 Å². The van der Waals surface area contributed by atoms with Crippen LogP contribution < -0.4 is 5.32 Å². The predicted octanol–water partition coefficient (Wildman–Crippen LogP) is 1.02. The summed E-state index contributed by atoms with van der Waals surface area (Å²) in [4.78, 5) is 24.6. The third kappa shape index (κ3) is 5.74. The number of hydrogen-bond acceptors (Lipinski definition) is 5. The number of alkyl carbamates (subject to hydrolysis) is 1. The first kappa shape index (κ1) is 18.0. The molecule has 0 bridgehead atoms. The summed E-state index contributed by atoms with van der Waals surface area (Å²) in [7, 11) is 0. The van der Waals surface area contributed by atoms with E-state index in [1.807, 2.05) is 0 Å². The summed E-state index contributed by atoms with van der Waals surface area (Å²) in [5.74, 6) is -1.15. The molecule has 22 heavy (non-hydrogen) atoms. The van der Waals surface area contributed by atoms with Crippen molar-refractivity contribution in [1.29, 1.82) is 0 Å². The van der Waals surface area contributed by atoms with Crippen LogP contribution in [-0.2, 0) is 4.74 Å². The maximum Gasteiger partial charge on any atom is 0.407 e. The fraction of sp³-hybridized carbons (Fsp3) is 0.571. The lowest BCUT2D eigenvalue weighted by atomic mass is 10.0.